The standard InChI is InChI=1S/C10H15N3/c1-8-4-3-7-13(8)10-9(11)5-2-6-12-10/h2,5-6,8H,3-4,7,11H2,1H3. The minimum atomic E-state index is 0.581. The van der Waals surface area contributed by atoms with Gasteiger partial charge in [-0.2, -0.15) is 0 Å². The first-order valence-electron chi connectivity index (χ1n) is 4.76. The first-order chi connectivity index (χ1) is 6.29. The Morgan fingerprint density at radius 1 is 1.62 bits per heavy atom. The summed E-state index contributed by atoms with van der Waals surface area (Å²) in [7, 11) is 0. The van der Waals surface area contributed by atoms with Crippen LogP contribution in [0, 0.1) is 0 Å². The minimum Gasteiger partial charge on any atom is -0.396 e. The van der Waals surface area contributed by atoms with Crippen LogP contribution in [0.2, 0.25) is 0 Å². The first kappa shape index (κ1) is 8.35. The molecule has 1 unspecified atom stereocenters. The van der Waals surface area contributed by atoms with Crippen LogP contribution in [-0.2, 0) is 0 Å². The third-order valence-electron chi connectivity index (χ3n) is 2.64. The molecule has 0 saturated carbocycles. The molecule has 0 radical (unpaired) electrons. The number of aromatic nitrogens is 1. The van der Waals surface area contributed by atoms with E-state index in [1.807, 2.05) is 12.1 Å². The number of nitrogens with zero attached hydrogens (tertiary/aromatic N) is 2. The zero-order valence-electron chi connectivity index (χ0n) is 7.90. The summed E-state index contributed by atoms with van der Waals surface area (Å²) in [6, 6.07) is 4.37. The normalized spacial score (nSPS) is 22.2. The number of nitrogens with two attached hydrogens (primary N) is 1. The second-order valence-corrected chi connectivity index (χ2v) is 3.60. The van der Waals surface area contributed by atoms with Gasteiger partial charge < -0.3 is 10.6 Å². The summed E-state index contributed by atoms with van der Waals surface area (Å²) in [5.41, 5.74) is 6.65. The summed E-state index contributed by atoms with van der Waals surface area (Å²) in [4.78, 5) is 6.60. The summed E-state index contributed by atoms with van der Waals surface area (Å²) < 4.78 is 0. The van der Waals surface area contributed by atoms with Crippen LogP contribution in [0.15, 0.2) is 18.3 Å². The lowest BCUT2D eigenvalue weighted by molar-refractivity contribution is 0.728. The maximum absolute atomic E-state index is 5.86. The fraction of sp³-hybridized carbons (Fsp3) is 0.500. The Labute approximate surface area is 78.6 Å². The molecule has 1 aliphatic heterocycles. The predicted octanol–water partition coefficient (Wildman–Crippen LogP) is 1.65. The highest BCUT2D eigenvalue weighted by Gasteiger charge is 2.22. The van der Waals surface area contributed by atoms with Crippen LogP contribution in [0.25, 0.3) is 0 Å². The van der Waals surface area contributed by atoms with Crippen molar-refractivity contribution in [1.82, 2.24) is 4.98 Å². The van der Waals surface area contributed by atoms with Crippen LogP contribution < -0.4 is 10.6 Å². The summed E-state index contributed by atoms with van der Waals surface area (Å²) in [6.07, 6.45) is 4.30. The van der Waals surface area contributed by atoms with Crippen LogP contribution in [0.5, 0.6) is 0 Å². The van der Waals surface area contributed by atoms with E-state index in [2.05, 4.69) is 16.8 Å². The molecule has 0 aromatic carbocycles. The van der Waals surface area contributed by atoms with Gasteiger partial charge in [-0.05, 0) is 31.9 Å². The molecule has 1 aromatic rings. The van der Waals surface area contributed by atoms with Gasteiger partial charge >= 0.3 is 0 Å². The van der Waals surface area contributed by atoms with Gasteiger partial charge in [0.15, 0.2) is 5.82 Å². The maximum atomic E-state index is 5.86. The van der Waals surface area contributed by atoms with E-state index < -0.39 is 0 Å². The number of nitrogen functional groups attached to an aromatic ring is 1. The van der Waals surface area contributed by atoms with Gasteiger partial charge in [0.05, 0.1) is 5.69 Å². The van der Waals surface area contributed by atoms with E-state index in [-0.39, 0.29) is 0 Å². The molecule has 3 heteroatoms. The van der Waals surface area contributed by atoms with Crippen molar-refractivity contribution in [3.63, 3.8) is 0 Å². The molecule has 2 N–H and O–H groups in total. The highest BCUT2D eigenvalue weighted by molar-refractivity contribution is 5.62. The summed E-state index contributed by atoms with van der Waals surface area (Å²) in [5, 5.41) is 0. The molecule has 1 saturated heterocycles. The van der Waals surface area contributed by atoms with E-state index >= 15 is 0 Å². The molecule has 1 aromatic heterocycles. The van der Waals surface area contributed by atoms with Crippen molar-refractivity contribution in [2.45, 2.75) is 25.8 Å². The van der Waals surface area contributed by atoms with Gasteiger partial charge in [-0.15, -0.1) is 0 Å². The number of rotatable bonds is 1. The SMILES string of the molecule is CC1CCCN1c1ncccc1N. The third-order valence-corrected chi connectivity index (χ3v) is 2.64. The fourth-order valence-electron chi connectivity index (χ4n) is 1.90. The van der Waals surface area contributed by atoms with Crippen molar-refractivity contribution in [2.75, 3.05) is 17.2 Å². The van der Waals surface area contributed by atoms with Gasteiger partial charge in [-0.3, -0.25) is 0 Å². The van der Waals surface area contributed by atoms with Gasteiger partial charge in [0.2, 0.25) is 0 Å². The monoisotopic (exact) mass is 177 g/mol. The summed E-state index contributed by atoms with van der Waals surface area (Å²) in [5.74, 6) is 0.951. The Kier molecular flexibility index (Phi) is 2.08. The Hall–Kier alpha value is -1.25. The molecular weight excluding hydrogens is 162 g/mol. The van der Waals surface area contributed by atoms with E-state index in [9.17, 15) is 0 Å². The van der Waals surface area contributed by atoms with Crippen LogP contribution in [0.1, 0.15) is 19.8 Å². The van der Waals surface area contributed by atoms with E-state index in [0.29, 0.717) is 6.04 Å². The molecule has 0 bridgehead atoms. The van der Waals surface area contributed by atoms with Crippen molar-refractivity contribution >= 4 is 11.5 Å². The lowest BCUT2D eigenvalue weighted by Crippen LogP contribution is -2.27. The van der Waals surface area contributed by atoms with Crippen molar-refractivity contribution in [3.8, 4) is 0 Å². The van der Waals surface area contributed by atoms with Gasteiger partial charge in [0, 0.05) is 18.8 Å². The topological polar surface area (TPSA) is 42.2 Å². The van der Waals surface area contributed by atoms with Crippen LogP contribution >= 0.6 is 0 Å². The average molecular weight is 177 g/mol. The van der Waals surface area contributed by atoms with E-state index in [0.717, 1.165) is 18.1 Å². The molecular formula is C10H15N3. The largest absolute Gasteiger partial charge is 0.396 e. The van der Waals surface area contributed by atoms with Crippen molar-refractivity contribution < 1.29 is 0 Å². The Balaban J connectivity index is 2.29. The highest BCUT2D eigenvalue weighted by Crippen LogP contribution is 2.27. The van der Waals surface area contributed by atoms with E-state index in [4.69, 9.17) is 5.73 Å². The number of hydrogen-bond acceptors (Lipinski definition) is 3. The number of pyridine rings is 1. The second-order valence-electron chi connectivity index (χ2n) is 3.60. The molecule has 0 amide bonds. The smallest absolute Gasteiger partial charge is 0.151 e. The fourth-order valence-corrected chi connectivity index (χ4v) is 1.90. The van der Waals surface area contributed by atoms with Crippen LogP contribution in [-0.4, -0.2) is 17.6 Å². The van der Waals surface area contributed by atoms with E-state index in [1.54, 1.807) is 6.20 Å². The van der Waals surface area contributed by atoms with Crippen LogP contribution in [0.3, 0.4) is 0 Å². The van der Waals surface area contributed by atoms with Crippen molar-refractivity contribution in [3.05, 3.63) is 18.3 Å². The summed E-state index contributed by atoms with van der Waals surface area (Å²) in [6.45, 7) is 3.31. The van der Waals surface area contributed by atoms with Crippen LogP contribution in [0.4, 0.5) is 11.5 Å². The lowest BCUT2D eigenvalue weighted by atomic mass is 10.2. The zero-order chi connectivity index (χ0) is 9.26. The molecule has 0 aliphatic carbocycles. The van der Waals surface area contributed by atoms with Gasteiger partial charge in [-0.25, -0.2) is 4.98 Å². The molecule has 1 aliphatic rings. The highest BCUT2D eigenvalue weighted by atomic mass is 15.2. The van der Waals surface area contributed by atoms with E-state index in [1.165, 1.54) is 12.8 Å². The molecule has 13 heavy (non-hydrogen) atoms. The second kappa shape index (κ2) is 3.24. The first-order valence-corrected chi connectivity index (χ1v) is 4.76. The average Bonchev–Trinajstić information content (AvgIpc) is 2.52. The number of anilines is 2. The molecule has 0 spiro atoms. The molecule has 1 atom stereocenters. The third kappa shape index (κ3) is 1.46. The quantitative estimate of drug-likeness (QED) is 0.709. The Morgan fingerprint density at radius 3 is 3.08 bits per heavy atom. The lowest BCUT2D eigenvalue weighted by Gasteiger charge is -2.23. The summed E-state index contributed by atoms with van der Waals surface area (Å²) >= 11 is 0. The molecule has 3 nitrogen and oxygen atoms in total. The van der Waals surface area contributed by atoms with Crippen molar-refractivity contribution in [2.24, 2.45) is 0 Å². The Bertz CT molecular complexity index is 298. The zero-order valence-corrected chi connectivity index (χ0v) is 7.90. The van der Waals surface area contributed by atoms with Gasteiger partial charge in [-0.1, -0.05) is 0 Å². The molecule has 1 fully saturated rings. The molecule has 2 rings (SSSR count). The predicted molar refractivity (Wildman–Crippen MR) is 54.7 cm³/mol. The van der Waals surface area contributed by atoms with Gasteiger partial charge in [0.1, 0.15) is 0 Å². The molecule has 70 valence electrons. The minimum absolute atomic E-state index is 0.581. The Morgan fingerprint density at radius 2 is 2.46 bits per heavy atom. The van der Waals surface area contributed by atoms with Gasteiger partial charge in [0.25, 0.3) is 0 Å². The number of hydrogen-bond donors (Lipinski definition) is 1. The molecule has 2 heterocycles. The van der Waals surface area contributed by atoms with Crippen molar-refractivity contribution in [1.29, 1.82) is 0 Å². The maximum Gasteiger partial charge on any atom is 0.151 e.